The van der Waals surface area contributed by atoms with Crippen molar-refractivity contribution in [2.45, 2.75) is 17.7 Å². The minimum absolute atomic E-state index is 0.348. The van der Waals surface area contributed by atoms with E-state index in [2.05, 4.69) is 22.0 Å². The van der Waals surface area contributed by atoms with E-state index >= 15 is 0 Å². The minimum Gasteiger partial charge on any atom is -0.493 e. The van der Waals surface area contributed by atoms with Crippen LogP contribution < -0.4 is 9.47 Å². The van der Waals surface area contributed by atoms with E-state index < -0.39 is 0 Å². The zero-order valence-corrected chi connectivity index (χ0v) is 12.4. The van der Waals surface area contributed by atoms with Crippen molar-refractivity contribution in [3.63, 3.8) is 0 Å². The van der Waals surface area contributed by atoms with Gasteiger partial charge in [0.15, 0.2) is 11.5 Å². The molecule has 3 nitrogen and oxygen atoms in total. The molecule has 1 aromatic rings. The number of hydrogen-bond acceptors (Lipinski definition) is 3. The van der Waals surface area contributed by atoms with Crippen molar-refractivity contribution in [3.05, 3.63) is 23.8 Å². The first-order valence-corrected chi connectivity index (χ1v) is 7.11. The second kappa shape index (κ2) is 6.43. The number of ether oxygens (including phenoxy) is 3. The van der Waals surface area contributed by atoms with Crippen molar-refractivity contribution in [2.24, 2.45) is 5.92 Å². The van der Waals surface area contributed by atoms with Gasteiger partial charge in [-0.1, -0.05) is 22.0 Å². The van der Waals surface area contributed by atoms with Crippen LogP contribution >= 0.6 is 15.9 Å². The molecule has 0 amide bonds. The zero-order valence-electron chi connectivity index (χ0n) is 10.8. The summed E-state index contributed by atoms with van der Waals surface area (Å²) in [6.45, 7) is 1.72. The van der Waals surface area contributed by atoms with Crippen LogP contribution in [-0.4, -0.2) is 27.4 Å². The summed E-state index contributed by atoms with van der Waals surface area (Å²) in [5.74, 6) is 2.18. The van der Waals surface area contributed by atoms with Gasteiger partial charge in [0.25, 0.3) is 0 Å². The molecule has 0 spiro atoms. The average Bonchev–Trinajstić information content (AvgIpc) is 2.46. The lowest BCUT2D eigenvalue weighted by atomic mass is 9.92. The summed E-state index contributed by atoms with van der Waals surface area (Å²) in [6.07, 6.45) is 2.20. The van der Waals surface area contributed by atoms with Crippen LogP contribution in [-0.2, 0) is 4.74 Å². The Morgan fingerprint density at radius 2 is 1.83 bits per heavy atom. The normalized spacial score (nSPS) is 18.4. The molecule has 1 saturated heterocycles. The SMILES string of the molecule is COc1ccc(C(Br)C2CCOCC2)cc1OC. The summed E-state index contributed by atoms with van der Waals surface area (Å²) in [7, 11) is 3.32. The molecule has 2 rings (SSSR count). The van der Waals surface area contributed by atoms with Crippen molar-refractivity contribution in [3.8, 4) is 11.5 Å². The maximum absolute atomic E-state index is 5.40. The van der Waals surface area contributed by atoms with E-state index in [0.29, 0.717) is 10.7 Å². The Labute approximate surface area is 117 Å². The molecule has 1 aromatic carbocycles. The van der Waals surface area contributed by atoms with Crippen LogP contribution in [0.3, 0.4) is 0 Å². The first-order valence-electron chi connectivity index (χ1n) is 6.20. The quantitative estimate of drug-likeness (QED) is 0.795. The topological polar surface area (TPSA) is 27.7 Å². The third kappa shape index (κ3) is 2.98. The molecule has 1 heterocycles. The smallest absolute Gasteiger partial charge is 0.161 e. The first-order chi connectivity index (χ1) is 8.76. The van der Waals surface area contributed by atoms with Gasteiger partial charge < -0.3 is 14.2 Å². The number of benzene rings is 1. The van der Waals surface area contributed by atoms with Gasteiger partial charge in [-0.05, 0) is 36.5 Å². The van der Waals surface area contributed by atoms with Gasteiger partial charge in [-0.2, -0.15) is 0 Å². The minimum atomic E-state index is 0.348. The monoisotopic (exact) mass is 314 g/mol. The molecule has 18 heavy (non-hydrogen) atoms. The van der Waals surface area contributed by atoms with E-state index in [0.717, 1.165) is 37.6 Å². The van der Waals surface area contributed by atoms with Crippen LogP contribution in [0.4, 0.5) is 0 Å². The predicted molar refractivity (Wildman–Crippen MR) is 74.8 cm³/mol. The summed E-state index contributed by atoms with van der Waals surface area (Å²) in [5, 5.41) is 0. The van der Waals surface area contributed by atoms with Gasteiger partial charge in [0.1, 0.15) is 0 Å². The molecule has 0 N–H and O–H groups in total. The van der Waals surface area contributed by atoms with Gasteiger partial charge in [0, 0.05) is 18.0 Å². The Balaban J connectivity index is 2.16. The van der Waals surface area contributed by atoms with Gasteiger partial charge in [-0.3, -0.25) is 0 Å². The molecule has 1 aliphatic rings. The number of halogens is 1. The molecular weight excluding hydrogens is 296 g/mol. The summed E-state index contributed by atoms with van der Waals surface area (Å²) in [5.41, 5.74) is 1.24. The van der Waals surface area contributed by atoms with E-state index in [1.54, 1.807) is 14.2 Å². The average molecular weight is 315 g/mol. The lowest BCUT2D eigenvalue weighted by molar-refractivity contribution is 0.0662. The molecule has 0 radical (unpaired) electrons. The summed E-state index contributed by atoms with van der Waals surface area (Å²) in [6, 6.07) is 6.10. The number of hydrogen-bond donors (Lipinski definition) is 0. The molecule has 0 aliphatic carbocycles. The van der Waals surface area contributed by atoms with E-state index in [9.17, 15) is 0 Å². The second-order valence-electron chi connectivity index (χ2n) is 4.47. The lowest BCUT2D eigenvalue weighted by Crippen LogP contribution is -2.19. The molecule has 0 bridgehead atoms. The second-order valence-corrected chi connectivity index (χ2v) is 5.45. The molecule has 0 saturated carbocycles. The highest BCUT2D eigenvalue weighted by atomic mass is 79.9. The Hall–Kier alpha value is -0.740. The fraction of sp³-hybridized carbons (Fsp3) is 0.571. The van der Waals surface area contributed by atoms with Crippen molar-refractivity contribution >= 4 is 15.9 Å². The fourth-order valence-corrected chi connectivity index (χ4v) is 3.12. The van der Waals surface area contributed by atoms with Crippen molar-refractivity contribution in [1.29, 1.82) is 0 Å². The maximum atomic E-state index is 5.40. The van der Waals surface area contributed by atoms with Gasteiger partial charge in [-0.25, -0.2) is 0 Å². The molecule has 100 valence electrons. The van der Waals surface area contributed by atoms with Gasteiger partial charge in [-0.15, -0.1) is 0 Å². The molecule has 1 fully saturated rings. The van der Waals surface area contributed by atoms with Crippen LogP contribution in [0.1, 0.15) is 23.2 Å². The van der Waals surface area contributed by atoms with Crippen LogP contribution in [0, 0.1) is 5.92 Å². The van der Waals surface area contributed by atoms with Crippen LogP contribution in [0.15, 0.2) is 18.2 Å². The first kappa shape index (κ1) is 13.7. The van der Waals surface area contributed by atoms with Gasteiger partial charge in [0.2, 0.25) is 0 Å². The molecular formula is C14H19BrO3. The van der Waals surface area contributed by atoms with E-state index in [4.69, 9.17) is 14.2 Å². The fourth-order valence-electron chi connectivity index (χ4n) is 2.30. The van der Waals surface area contributed by atoms with Crippen molar-refractivity contribution in [1.82, 2.24) is 0 Å². The number of alkyl halides is 1. The molecule has 1 atom stereocenters. The number of rotatable bonds is 4. The van der Waals surface area contributed by atoms with Gasteiger partial charge >= 0.3 is 0 Å². The van der Waals surface area contributed by atoms with Crippen molar-refractivity contribution in [2.75, 3.05) is 27.4 Å². The summed E-state index contributed by atoms with van der Waals surface area (Å²) in [4.78, 5) is 0.348. The molecule has 0 aromatic heterocycles. The van der Waals surface area contributed by atoms with Crippen LogP contribution in [0.25, 0.3) is 0 Å². The van der Waals surface area contributed by atoms with Crippen LogP contribution in [0.2, 0.25) is 0 Å². The third-order valence-corrected chi connectivity index (χ3v) is 4.68. The highest BCUT2D eigenvalue weighted by Gasteiger charge is 2.24. The third-order valence-electron chi connectivity index (χ3n) is 3.41. The zero-order chi connectivity index (χ0) is 13.0. The highest BCUT2D eigenvalue weighted by molar-refractivity contribution is 9.09. The van der Waals surface area contributed by atoms with E-state index in [-0.39, 0.29) is 0 Å². The largest absolute Gasteiger partial charge is 0.493 e. The highest BCUT2D eigenvalue weighted by Crippen LogP contribution is 2.40. The lowest BCUT2D eigenvalue weighted by Gasteiger charge is -2.27. The molecule has 1 aliphatic heterocycles. The standard InChI is InChI=1S/C14H19BrO3/c1-16-12-4-3-11(9-13(12)17-2)14(15)10-5-7-18-8-6-10/h3-4,9-10,14H,5-8H2,1-2H3. The molecule has 4 heteroatoms. The van der Waals surface area contributed by atoms with Crippen molar-refractivity contribution < 1.29 is 14.2 Å². The maximum Gasteiger partial charge on any atom is 0.161 e. The molecule has 1 unspecified atom stereocenters. The summed E-state index contributed by atoms with van der Waals surface area (Å²) >= 11 is 3.81. The Morgan fingerprint density at radius 3 is 2.44 bits per heavy atom. The predicted octanol–water partition coefficient (Wildman–Crippen LogP) is 3.57. The Bertz CT molecular complexity index is 389. The Morgan fingerprint density at radius 1 is 1.17 bits per heavy atom. The van der Waals surface area contributed by atoms with Crippen LogP contribution in [0.5, 0.6) is 11.5 Å². The van der Waals surface area contributed by atoms with E-state index in [1.165, 1.54) is 5.56 Å². The Kier molecular flexibility index (Phi) is 4.89. The summed E-state index contributed by atoms with van der Waals surface area (Å²) < 4.78 is 16.0. The number of methoxy groups -OCH3 is 2. The van der Waals surface area contributed by atoms with Gasteiger partial charge in [0.05, 0.1) is 14.2 Å². The van der Waals surface area contributed by atoms with E-state index in [1.807, 2.05) is 12.1 Å².